The number of benzene rings is 1. The Kier molecular flexibility index (Phi) is 4.69. The van der Waals surface area contributed by atoms with Gasteiger partial charge in [-0.25, -0.2) is 18.4 Å². The van der Waals surface area contributed by atoms with Crippen LogP contribution >= 0.6 is 0 Å². The Balaban J connectivity index is 2.87. The van der Waals surface area contributed by atoms with E-state index >= 15 is 0 Å². The van der Waals surface area contributed by atoms with Gasteiger partial charge in [-0.05, 0) is 31.5 Å². The Morgan fingerprint density at radius 1 is 1.44 bits per heavy atom. The first-order valence-corrected chi connectivity index (χ1v) is 7.06. The maximum absolute atomic E-state index is 11.3. The van der Waals surface area contributed by atoms with Crippen LogP contribution in [0, 0.1) is 0 Å². The highest BCUT2D eigenvalue weighted by Gasteiger charge is 2.12. The van der Waals surface area contributed by atoms with Crippen LogP contribution in [0.5, 0.6) is 0 Å². The molecular formula is C11H17N3O3S. The van der Waals surface area contributed by atoms with Gasteiger partial charge in [0.1, 0.15) is 0 Å². The van der Waals surface area contributed by atoms with Crippen LogP contribution in [0.1, 0.15) is 25.5 Å². The summed E-state index contributed by atoms with van der Waals surface area (Å²) in [5.74, 6) is 0. The number of nitrogens with one attached hydrogen (secondary N) is 2. The maximum Gasteiger partial charge on any atom is 0.315 e. The fourth-order valence-corrected chi connectivity index (χ4v) is 2.02. The van der Waals surface area contributed by atoms with Gasteiger partial charge in [0.2, 0.25) is 10.0 Å². The number of carbonyl (C=O) groups excluding carboxylic acids is 1. The fraction of sp³-hybridized carbons (Fsp3) is 0.364. The molecule has 2 amide bonds. The van der Waals surface area contributed by atoms with E-state index in [-0.39, 0.29) is 17.0 Å². The van der Waals surface area contributed by atoms with Gasteiger partial charge < -0.3 is 10.6 Å². The predicted octanol–water partition coefficient (Wildman–Crippen LogP) is 0.714. The number of primary sulfonamides is 1. The molecule has 0 aliphatic carbocycles. The molecule has 0 saturated heterocycles. The van der Waals surface area contributed by atoms with Crippen molar-refractivity contribution in [1.82, 2.24) is 10.6 Å². The molecule has 6 nitrogen and oxygen atoms in total. The predicted molar refractivity (Wildman–Crippen MR) is 68.4 cm³/mol. The van der Waals surface area contributed by atoms with Crippen LogP contribution in [-0.2, 0) is 10.0 Å². The van der Waals surface area contributed by atoms with Gasteiger partial charge in [-0.2, -0.15) is 0 Å². The molecule has 1 aromatic carbocycles. The summed E-state index contributed by atoms with van der Waals surface area (Å²) in [7, 11) is -3.73. The summed E-state index contributed by atoms with van der Waals surface area (Å²) < 4.78 is 22.4. The van der Waals surface area contributed by atoms with Crippen molar-refractivity contribution in [1.29, 1.82) is 0 Å². The second kappa shape index (κ2) is 5.83. The summed E-state index contributed by atoms with van der Waals surface area (Å²) in [6.07, 6.45) is 0. The SMILES string of the molecule is CCNC(=O)NC(C)c1cccc(S(N)(=O)=O)c1. The summed E-state index contributed by atoms with van der Waals surface area (Å²) in [5.41, 5.74) is 0.674. The third-order valence-corrected chi connectivity index (χ3v) is 3.28. The van der Waals surface area contributed by atoms with E-state index in [1.807, 2.05) is 6.92 Å². The molecule has 0 spiro atoms. The highest BCUT2D eigenvalue weighted by Crippen LogP contribution is 2.16. The largest absolute Gasteiger partial charge is 0.338 e. The van der Waals surface area contributed by atoms with Crippen LogP contribution in [-0.4, -0.2) is 21.0 Å². The standard InChI is InChI=1S/C11H17N3O3S/c1-3-13-11(15)14-8(2)9-5-4-6-10(7-9)18(12,16)17/h4-8H,3H2,1-2H3,(H2,12,16,17)(H2,13,14,15). The van der Waals surface area contributed by atoms with Crippen molar-refractivity contribution in [2.45, 2.75) is 24.8 Å². The molecule has 100 valence electrons. The van der Waals surface area contributed by atoms with E-state index in [9.17, 15) is 13.2 Å². The van der Waals surface area contributed by atoms with Crippen LogP contribution in [0.3, 0.4) is 0 Å². The molecule has 1 unspecified atom stereocenters. The number of hydrogen-bond acceptors (Lipinski definition) is 3. The van der Waals surface area contributed by atoms with E-state index in [0.29, 0.717) is 12.1 Å². The van der Waals surface area contributed by atoms with E-state index in [1.165, 1.54) is 12.1 Å². The lowest BCUT2D eigenvalue weighted by atomic mass is 10.1. The van der Waals surface area contributed by atoms with E-state index in [2.05, 4.69) is 10.6 Å². The van der Waals surface area contributed by atoms with Crippen molar-refractivity contribution in [2.75, 3.05) is 6.54 Å². The molecule has 0 aromatic heterocycles. The fourth-order valence-electron chi connectivity index (χ4n) is 1.45. The Bertz CT molecular complexity index is 528. The van der Waals surface area contributed by atoms with Crippen molar-refractivity contribution < 1.29 is 13.2 Å². The minimum atomic E-state index is -3.73. The van der Waals surface area contributed by atoms with Gasteiger partial charge in [0.15, 0.2) is 0 Å². The Morgan fingerprint density at radius 3 is 2.67 bits per heavy atom. The topological polar surface area (TPSA) is 101 Å². The number of hydrogen-bond donors (Lipinski definition) is 3. The van der Waals surface area contributed by atoms with E-state index in [4.69, 9.17) is 5.14 Å². The van der Waals surface area contributed by atoms with Crippen molar-refractivity contribution >= 4 is 16.1 Å². The molecule has 1 aromatic rings. The lowest BCUT2D eigenvalue weighted by Crippen LogP contribution is -2.36. The van der Waals surface area contributed by atoms with Gasteiger partial charge in [0, 0.05) is 6.54 Å². The van der Waals surface area contributed by atoms with Crippen molar-refractivity contribution in [3.05, 3.63) is 29.8 Å². The molecule has 0 aliphatic rings. The van der Waals surface area contributed by atoms with Crippen molar-refractivity contribution in [2.24, 2.45) is 5.14 Å². The molecule has 0 radical (unpaired) electrons. The Morgan fingerprint density at radius 2 is 2.11 bits per heavy atom. The van der Waals surface area contributed by atoms with E-state index in [1.54, 1.807) is 19.1 Å². The van der Waals surface area contributed by atoms with E-state index < -0.39 is 10.0 Å². The minimum Gasteiger partial charge on any atom is -0.338 e. The first kappa shape index (κ1) is 14.5. The lowest BCUT2D eigenvalue weighted by Gasteiger charge is -2.15. The molecular weight excluding hydrogens is 254 g/mol. The number of carbonyl (C=O) groups is 1. The average Bonchev–Trinajstić information content (AvgIpc) is 2.28. The summed E-state index contributed by atoms with van der Waals surface area (Å²) in [6, 6.07) is 5.57. The Hall–Kier alpha value is -1.60. The first-order valence-electron chi connectivity index (χ1n) is 5.51. The highest BCUT2D eigenvalue weighted by molar-refractivity contribution is 7.89. The van der Waals surface area contributed by atoms with Crippen LogP contribution in [0.25, 0.3) is 0 Å². The number of urea groups is 1. The normalized spacial score (nSPS) is 12.8. The third-order valence-electron chi connectivity index (χ3n) is 2.37. The second-order valence-corrected chi connectivity index (χ2v) is 5.40. The van der Waals surface area contributed by atoms with Crippen LogP contribution in [0.2, 0.25) is 0 Å². The summed E-state index contributed by atoms with van der Waals surface area (Å²) >= 11 is 0. The molecule has 0 aliphatic heterocycles. The van der Waals surface area contributed by atoms with Gasteiger partial charge in [-0.15, -0.1) is 0 Å². The van der Waals surface area contributed by atoms with Crippen molar-refractivity contribution in [3.63, 3.8) is 0 Å². The smallest absolute Gasteiger partial charge is 0.315 e. The monoisotopic (exact) mass is 271 g/mol. The van der Waals surface area contributed by atoms with Crippen LogP contribution in [0.4, 0.5) is 4.79 Å². The summed E-state index contributed by atoms with van der Waals surface area (Å²) in [4.78, 5) is 11.4. The van der Waals surface area contributed by atoms with Gasteiger partial charge in [0.25, 0.3) is 0 Å². The Labute approximate surface area is 107 Å². The third kappa shape index (κ3) is 4.01. The summed E-state index contributed by atoms with van der Waals surface area (Å²) in [5, 5.41) is 10.3. The number of nitrogens with two attached hydrogens (primary N) is 1. The molecule has 0 bridgehead atoms. The average molecular weight is 271 g/mol. The minimum absolute atomic E-state index is 0.0320. The molecule has 0 saturated carbocycles. The van der Waals surface area contributed by atoms with Gasteiger partial charge >= 0.3 is 6.03 Å². The number of sulfonamides is 1. The molecule has 0 heterocycles. The lowest BCUT2D eigenvalue weighted by molar-refractivity contribution is 0.238. The number of rotatable bonds is 4. The molecule has 1 rings (SSSR count). The summed E-state index contributed by atoms with van der Waals surface area (Å²) in [6.45, 7) is 4.10. The highest BCUT2D eigenvalue weighted by atomic mass is 32.2. The molecule has 4 N–H and O–H groups in total. The molecule has 18 heavy (non-hydrogen) atoms. The van der Waals surface area contributed by atoms with Crippen molar-refractivity contribution in [3.8, 4) is 0 Å². The molecule has 7 heteroatoms. The first-order chi connectivity index (χ1) is 8.34. The van der Waals surface area contributed by atoms with Crippen LogP contribution < -0.4 is 15.8 Å². The second-order valence-electron chi connectivity index (χ2n) is 3.84. The zero-order valence-corrected chi connectivity index (χ0v) is 11.1. The maximum atomic E-state index is 11.3. The number of amides is 2. The quantitative estimate of drug-likeness (QED) is 0.751. The molecule has 1 atom stereocenters. The zero-order valence-electron chi connectivity index (χ0n) is 10.3. The molecule has 0 fully saturated rings. The van der Waals surface area contributed by atoms with Crippen LogP contribution in [0.15, 0.2) is 29.2 Å². The van der Waals surface area contributed by atoms with Gasteiger partial charge in [-0.1, -0.05) is 12.1 Å². The van der Waals surface area contributed by atoms with Gasteiger partial charge in [0.05, 0.1) is 10.9 Å². The van der Waals surface area contributed by atoms with E-state index in [0.717, 1.165) is 0 Å². The van der Waals surface area contributed by atoms with Gasteiger partial charge in [-0.3, -0.25) is 0 Å². The zero-order chi connectivity index (χ0) is 13.8.